The van der Waals surface area contributed by atoms with Crippen LogP contribution in [-0.4, -0.2) is 77.4 Å². The summed E-state index contributed by atoms with van der Waals surface area (Å²) < 4.78 is 34.0. The highest BCUT2D eigenvalue weighted by Crippen LogP contribution is 2.55. The fourth-order valence-electron chi connectivity index (χ4n) is 5.03. The van der Waals surface area contributed by atoms with Gasteiger partial charge in [-0.1, -0.05) is 18.0 Å². The predicted molar refractivity (Wildman–Crippen MR) is 125 cm³/mol. The molecule has 2 aliphatic rings. The number of fused-ring (bicyclic) bond motifs is 3. The molecule has 2 aromatic heterocycles. The smallest absolute Gasteiger partial charge is 0.340 e. The van der Waals surface area contributed by atoms with Crippen molar-refractivity contribution in [2.24, 2.45) is 11.8 Å². The molecule has 0 amide bonds. The Kier molecular flexibility index (Phi) is 7.95. The summed E-state index contributed by atoms with van der Waals surface area (Å²) in [6, 6.07) is 1.96. The molecule has 6 N–H and O–H groups in total. The third kappa shape index (κ3) is 6.24. The minimum absolute atomic E-state index is 0.0930. The Morgan fingerprint density at radius 1 is 1.26 bits per heavy atom. The topological polar surface area (TPSA) is 196 Å². The molecule has 7 atom stereocenters. The molecule has 0 aromatic carbocycles. The molecule has 0 radical (unpaired) electrons. The Hall–Kier alpha value is -1.11. The maximum Gasteiger partial charge on any atom is 0.340 e. The molecule has 3 unspecified atom stereocenters. The highest BCUT2D eigenvalue weighted by molar-refractivity contribution is 7.70. The maximum absolute atomic E-state index is 11.9. The number of halogens is 1. The zero-order chi connectivity index (χ0) is 25.5. The molecule has 2 bridgehead atoms. The number of aliphatic hydroxyl groups excluding tert-OH is 2. The van der Waals surface area contributed by atoms with Crippen LogP contribution in [0.3, 0.4) is 0 Å². The second-order valence-corrected chi connectivity index (χ2v) is 13.6. The van der Waals surface area contributed by atoms with Crippen molar-refractivity contribution in [3.8, 4) is 0 Å². The van der Waals surface area contributed by atoms with Crippen molar-refractivity contribution in [1.82, 2.24) is 14.6 Å². The van der Waals surface area contributed by atoms with Crippen LogP contribution in [0.1, 0.15) is 37.5 Å². The van der Waals surface area contributed by atoms with Crippen LogP contribution in [0.25, 0.3) is 5.65 Å². The van der Waals surface area contributed by atoms with E-state index in [9.17, 15) is 24.2 Å². The Morgan fingerprint density at radius 2 is 2.00 bits per heavy atom. The summed E-state index contributed by atoms with van der Waals surface area (Å²) in [5.41, 5.74) is 1.15. The lowest BCUT2D eigenvalue weighted by Gasteiger charge is -2.26. The number of methoxy groups -OCH3 is 1. The number of aliphatic hydroxyl groups is 2. The number of nitrogens with one attached hydrogen (secondary N) is 1. The third-order valence-electron chi connectivity index (χ3n) is 6.66. The number of ether oxygens (including phenoxy) is 1. The van der Waals surface area contributed by atoms with E-state index in [2.05, 4.69) is 15.4 Å². The van der Waals surface area contributed by atoms with E-state index in [1.165, 1.54) is 37.1 Å². The first-order valence-corrected chi connectivity index (χ1v) is 15.0. The van der Waals surface area contributed by atoms with Crippen LogP contribution in [0, 0.1) is 11.8 Å². The van der Waals surface area contributed by atoms with E-state index >= 15 is 0 Å². The molecule has 196 valence electrons. The zero-order valence-corrected chi connectivity index (χ0v) is 21.4. The standard InChI is InChI=1S/C19H29ClN4O9P2/c1-32-15(8-33-35(30,31)9-34(27,28)29)18(26)17(25)14-7-21-19-13(6-16(20)23-24(14)19)22-12-5-10-2-3-11(12)4-10/h6-7,10-12,15,17-18,22,25-26H,2-5,8-9H2,1H3,(H,30,31)(H2,27,28,29)/t10?,11?,12-,15+,17-,18+/m0/s1. The molecule has 2 aromatic rings. The molecular weight excluding hydrogens is 526 g/mol. The number of imidazole rings is 1. The lowest BCUT2D eigenvalue weighted by atomic mass is 9.95. The monoisotopic (exact) mass is 554 g/mol. The average molecular weight is 555 g/mol. The second kappa shape index (κ2) is 10.3. The molecule has 2 saturated carbocycles. The zero-order valence-electron chi connectivity index (χ0n) is 18.8. The van der Waals surface area contributed by atoms with Gasteiger partial charge in [-0.25, -0.2) is 9.50 Å². The summed E-state index contributed by atoms with van der Waals surface area (Å²) in [6.45, 7) is -0.718. The Morgan fingerprint density at radius 3 is 2.60 bits per heavy atom. The molecule has 13 nitrogen and oxygen atoms in total. The second-order valence-electron chi connectivity index (χ2n) is 9.17. The molecule has 2 heterocycles. The minimum Gasteiger partial charge on any atom is -0.387 e. The fraction of sp³-hybridized carbons (Fsp3) is 0.684. The van der Waals surface area contributed by atoms with Crippen LogP contribution in [0.4, 0.5) is 5.69 Å². The Balaban J connectivity index is 1.50. The summed E-state index contributed by atoms with van der Waals surface area (Å²) in [6.07, 6.45) is 1.43. The first-order valence-electron chi connectivity index (χ1n) is 11.1. The summed E-state index contributed by atoms with van der Waals surface area (Å²) in [4.78, 5) is 31.8. The summed E-state index contributed by atoms with van der Waals surface area (Å²) in [7, 11) is -8.32. The van der Waals surface area contributed by atoms with Crippen molar-refractivity contribution in [1.29, 1.82) is 0 Å². The van der Waals surface area contributed by atoms with Crippen molar-refractivity contribution in [2.45, 2.75) is 50.0 Å². The number of aromatic nitrogens is 3. The third-order valence-corrected chi connectivity index (χ3v) is 10.3. The van der Waals surface area contributed by atoms with Crippen molar-refractivity contribution in [3.63, 3.8) is 0 Å². The van der Waals surface area contributed by atoms with Crippen LogP contribution in [0.5, 0.6) is 0 Å². The van der Waals surface area contributed by atoms with Crippen LogP contribution >= 0.6 is 26.8 Å². The quantitative estimate of drug-likeness (QED) is 0.220. The number of nitrogens with zero attached hydrogens (tertiary/aromatic N) is 3. The Labute approximate surface area is 206 Å². The van der Waals surface area contributed by atoms with Gasteiger partial charge >= 0.3 is 15.2 Å². The van der Waals surface area contributed by atoms with Gasteiger partial charge in [0.05, 0.1) is 24.2 Å². The molecule has 0 spiro atoms. The highest BCUT2D eigenvalue weighted by atomic mass is 35.5. The lowest BCUT2D eigenvalue weighted by molar-refractivity contribution is -0.0926. The molecule has 0 aliphatic heterocycles. The van der Waals surface area contributed by atoms with Gasteiger partial charge in [0.25, 0.3) is 0 Å². The first kappa shape index (κ1) is 26.9. The van der Waals surface area contributed by atoms with Gasteiger partial charge in [-0.2, -0.15) is 5.10 Å². The van der Waals surface area contributed by atoms with Gasteiger partial charge in [0.15, 0.2) is 16.7 Å². The number of anilines is 1. The molecular formula is C19H29ClN4O9P2. The summed E-state index contributed by atoms with van der Waals surface area (Å²) in [5, 5.41) is 29.4. The number of rotatable bonds is 11. The Bertz CT molecular complexity index is 1160. The lowest BCUT2D eigenvalue weighted by Crippen LogP contribution is -2.37. The number of hydrogen-bond acceptors (Lipinski definition) is 9. The predicted octanol–water partition coefficient (Wildman–Crippen LogP) is 1.73. The average Bonchev–Trinajstić information content (AvgIpc) is 3.47. The first-order chi connectivity index (χ1) is 16.4. The SMILES string of the molecule is CO[C@H](COP(=O)(O)CP(=O)(O)O)[C@@H](O)[C@@H](O)c1cnc2c(N[C@H]3CC4CCC3C4)cc(Cl)nn12. The van der Waals surface area contributed by atoms with Crippen LogP contribution < -0.4 is 5.32 Å². The van der Waals surface area contributed by atoms with Crippen molar-refractivity contribution >= 4 is 38.1 Å². The largest absolute Gasteiger partial charge is 0.387 e. The van der Waals surface area contributed by atoms with Gasteiger partial charge in [0, 0.05) is 19.2 Å². The van der Waals surface area contributed by atoms with E-state index in [4.69, 9.17) is 30.6 Å². The van der Waals surface area contributed by atoms with E-state index in [0.29, 0.717) is 23.3 Å². The molecule has 16 heteroatoms. The van der Waals surface area contributed by atoms with Gasteiger partial charge in [-0.05, 0) is 31.1 Å². The molecule has 0 saturated heterocycles. The van der Waals surface area contributed by atoms with Crippen molar-refractivity contribution < 1.29 is 43.3 Å². The highest BCUT2D eigenvalue weighted by Gasteiger charge is 2.40. The normalized spacial score (nSPS) is 26.5. The van der Waals surface area contributed by atoms with Crippen LogP contribution in [-0.2, 0) is 18.4 Å². The summed E-state index contributed by atoms with van der Waals surface area (Å²) >= 11 is 6.23. The van der Waals surface area contributed by atoms with Gasteiger partial charge in [-0.3, -0.25) is 9.13 Å². The van der Waals surface area contributed by atoms with Crippen LogP contribution in [0.2, 0.25) is 5.15 Å². The van der Waals surface area contributed by atoms with E-state index in [-0.39, 0.29) is 10.8 Å². The maximum atomic E-state index is 11.9. The van der Waals surface area contributed by atoms with Crippen LogP contribution in [0.15, 0.2) is 12.3 Å². The van der Waals surface area contributed by atoms with Crippen molar-refractivity contribution in [2.75, 3.05) is 24.9 Å². The van der Waals surface area contributed by atoms with Gasteiger partial charge in [0.1, 0.15) is 18.3 Å². The minimum atomic E-state index is -4.82. The number of hydrogen-bond donors (Lipinski definition) is 6. The van der Waals surface area contributed by atoms with E-state index < -0.39 is 46.0 Å². The molecule has 35 heavy (non-hydrogen) atoms. The fourth-order valence-corrected chi connectivity index (χ4v) is 7.79. The van der Waals surface area contributed by atoms with E-state index in [1.54, 1.807) is 6.07 Å². The van der Waals surface area contributed by atoms with Gasteiger partial charge in [-0.15, -0.1) is 0 Å². The van der Waals surface area contributed by atoms with Crippen molar-refractivity contribution in [3.05, 3.63) is 23.1 Å². The van der Waals surface area contributed by atoms with Gasteiger partial charge in [0.2, 0.25) is 0 Å². The van der Waals surface area contributed by atoms with E-state index in [1.807, 2.05) is 0 Å². The molecule has 2 fully saturated rings. The summed E-state index contributed by atoms with van der Waals surface area (Å²) in [5.74, 6) is -0.0741. The molecule has 2 aliphatic carbocycles. The van der Waals surface area contributed by atoms with E-state index in [0.717, 1.165) is 12.3 Å². The van der Waals surface area contributed by atoms with Gasteiger partial charge < -0.3 is 39.5 Å². The molecule has 4 rings (SSSR count).